The predicted molar refractivity (Wildman–Crippen MR) is 89.7 cm³/mol. The molecule has 20 heavy (non-hydrogen) atoms. The van der Waals surface area contributed by atoms with Gasteiger partial charge in [0.2, 0.25) is 0 Å². The van der Waals surface area contributed by atoms with Crippen molar-refractivity contribution in [2.24, 2.45) is 10.7 Å². The van der Waals surface area contributed by atoms with Crippen LogP contribution in [-0.2, 0) is 6.42 Å². The summed E-state index contributed by atoms with van der Waals surface area (Å²) in [5.41, 5.74) is 11.6. The summed E-state index contributed by atoms with van der Waals surface area (Å²) in [6, 6.07) is 4.49. The Kier molecular flexibility index (Phi) is 5.35. The molecule has 110 valence electrons. The lowest BCUT2D eigenvalue weighted by atomic mass is 9.97. The van der Waals surface area contributed by atoms with Gasteiger partial charge in [-0.1, -0.05) is 17.7 Å². The van der Waals surface area contributed by atoms with E-state index in [1.165, 1.54) is 22.3 Å². The number of nitrogens with two attached hydrogens (primary N) is 1. The van der Waals surface area contributed by atoms with Gasteiger partial charge in [0, 0.05) is 31.1 Å². The van der Waals surface area contributed by atoms with Gasteiger partial charge in [0.1, 0.15) is 0 Å². The molecule has 0 aliphatic carbocycles. The summed E-state index contributed by atoms with van der Waals surface area (Å²) in [5, 5.41) is 0. The Morgan fingerprint density at radius 3 is 2.40 bits per heavy atom. The molecular formula is C16H25N3S. The van der Waals surface area contributed by atoms with Gasteiger partial charge in [0.05, 0.1) is 0 Å². The second-order valence-electron chi connectivity index (χ2n) is 5.47. The number of nitrogens with zero attached hydrogens (tertiary/aromatic N) is 2. The predicted octanol–water partition coefficient (Wildman–Crippen LogP) is 2.52. The summed E-state index contributed by atoms with van der Waals surface area (Å²) in [7, 11) is 0. The van der Waals surface area contributed by atoms with Crippen molar-refractivity contribution in [3.05, 3.63) is 34.4 Å². The van der Waals surface area contributed by atoms with Crippen LogP contribution < -0.4 is 5.73 Å². The Morgan fingerprint density at radius 1 is 1.20 bits per heavy atom. The number of aliphatic imine (C=N–C) groups is 1. The van der Waals surface area contributed by atoms with Gasteiger partial charge < -0.3 is 10.6 Å². The minimum absolute atomic E-state index is 0.715. The lowest BCUT2D eigenvalue weighted by molar-refractivity contribution is 0.456. The molecule has 0 radical (unpaired) electrons. The molecule has 0 aromatic heterocycles. The highest BCUT2D eigenvalue weighted by Crippen LogP contribution is 2.17. The van der Waals surface area contributed by atoms with Crippen molar-refractivity contribution in [3.63, 3.8) is 0 Å². The average molecular weight is 291 g/mol. The van der Waals surface area contributed by atoms with E-state index in [2.05, 4.69) is 42.8 Å². The lowest BCUT2D eigenvalue weighted by Crippen LogP contribution is -2.42. The van der Waals surface area contributed by atoms with Crippen LogP contribution in [-0.4, -0.2) is 42.0 Å². The van der Waals surface area contributed by atoms with E-state index < -0.39 is 0 Å². The maximum atomic E-state index is 6.08. The molecule has 2 N–H and O–H groups in total. The van der Waals surface area contributed by atoms with Crippen molar-refractivity contribution in [3.8, 4) is 0 Å². The summed E-state index contributed by atoms with van der Waals surface area (Å²) in [6.07, 6.45) is 0.973. The van der Waals surface area contributed by atoms with E-state index in [1.54, 1.807) is 0 Å². The van der Waals surface area contributed by atoms with Gasteiger partial charge >= 0.3 is 0 Å². The molecule has 0 bridgehead atoms. The van der Waals surface area contributed by atoms with Crippen molar-refractivity contribution in [2.75, 3.05) is 31.1 Å². The van der Waals surface area contributed by atoms with Crippen LogP contribution in [0.5, 0.6) is 0 Å². The second-order valence-corrected chi connectivity index (χ2v) is 6.69. The third-order valence-corrected chi connectivity index (χ3v) is 4.75. The topological polar surface area (TPSA) is 41.6 Å². The summed E-state index contributed by atoms with van der Waals surface area (Å²) < 4.78 is 0. The van der Waals surface area contributed by atoms with Gasteiger partial charge in [-0.15, -0.1) is 0 Å². The Labute approximate surface area is 126 Å². The standard InChI is InChI=1S/C16H25N3S/c1-12-10-13(2)15(14(3)11-12)4-5-18-16(17)19-6-8-20-9-7-19/h10-11H,4-9H2,1-3H3,(H2,17,18). The zero-order valence-corrected chi connectivity index (χ0v) is 13.6. The van der Waals surface area contributed by atoms with Crippen LogP contribution >= 0.6 is 11.8 Å². The van der Waals surface area contributed by atoms with Gasteiger partial charge in [-0.05, 0) is 43.9 Å². The lowest BCUT2D eigenvalue weighted by Gasteiger charge is -2.27. The molecule has 4 heteroatoms. The molecule has 1 aliphatic rings. The minimum Gasteiger partial charge on any atom is -0.370 e. The first kappa shape index (κ1) is 15.2. The highest BCUT2D eigenvalue weighted by atomic mass is 32.2. The highest BCUT2D eigenvalue weighted by molar-refractivity contribution is 7.99. The number of rotatable bonds is 3. The van der Waals surface area contributed by atoms with Crippen LogP contribution in [0.25, 0.3) is 0 Å². The van der Waals surface area contributed by atoms with Crippen LogP contribution in [0.4, 0.5) is 0 Å². The van der Waals surface area contributed by atoms with E-state index in [1.807, 2.05) is 11.8 Å². The first-order chi connectivity index (χ1) is 9.58. The van der Waals surface area contributed by atoms with Gasteiger partial charge in [-0.25, -0.2) is 0 Å². The van der Waals surface area contributed by atoms with Crippen LogP contribution in [0.1, 0.15) is 22.3 Å². The Balaban J connectivity index is 1.95. The molecule has 0 spiro atoms. The quantitative estimate of drug-likeness (QED) is 0.687. The molecule has 1 saturated heterocycles. The SMILES string of the molecule is Cc1cc(C)c(CCN=C(N)N2CCSCC2)c(C)c1. The third-order valence-electron chi connectivity index (χ3n) is 3.81. The maximum Gasteiger partial charge on any atom is 0.191 e. The van der Waals surface area contributed by atoms with Gasteiger partial charge in [-0.2, -0.15) is 11.8 Å². The number of guanidine groups is 1. The number of hydrogen-bond acceptors (Lipinski definition) is 2. The number of hydrogen-bond donors (Lipinski definition) is 1. The van der Waals surface area contributed by atoms with Crippen LogP contribution in [0.3, 0.4) is 0 Å². The molecule has 1 aromatic rings. The minimum atomic E-state index is 0.715. The highest BCUT2D eigenvalue weighted by Gasteiger charge is 2.12. The van der Waals surface area contributed by atoms with Crippen LogP contribution in [0.2, 0.25) is 0 Å². The van der Waals surface area contributed by atoms with E-state index in [0.717, 1.165) is 37.6 Å². The second kappa shape index (κ2) is 7.02. The fourth-order valence-electron chi connectivity index (χ4n) is 2.78. The van der Waals surface area contributed by atoms with Crippen LogP contribution in [0, 0.1) is 20.8 Å². The van der Waals surface area contributed by atoms with E-state index in [4.69, 9.17) is 5.73 Å². The van der Waals surface area contributed by atoms with E-state index in [9.17, 15) is 0 Å². The number of aryl methyl sites for hydroxylation is 3. The molecular weight excluding hydrogens is 266 g/mol. The van der Waals surface area contributed by atoms with Crippen molar-refractivity contribution >= 4 is 17.7 Å². The molecule has 0 saturated carbocycles. The Bertz CT molecular complexity index is 467. The van der Waals surface area contributed by atoms with Gasteiger partial charge in [-0.3, -0.25) is 4.99 Å². The Morgan fingerprint density at radius 2 is 1.80 bits per heavy atom. The zero-order chi connectivity index (χ0) is 14.5. The van der Waals surface area contributed by atoms with Crippen LogP contribution in [0.15, 0.2) is 17.1 Å². The average Bonchev–Trinajstić information content (AvgIpc) is 2.42. The van der Waals surface area contributed by atoms with E-state index in [-0.39, 0.29) is 0 Å². The molecule has 1 aliphatic heterocycles. The Hall–Kier alpha value is -1.16. The normalized spacial score (nSPS) is 16.6. The number of thioether (sulfide) groups is 1. The molecule has 1 heterocycles. The molecule has 0 atom stereocenters. The molecule has 0 amide bonds. The first-order valence-corrected chi connectivity index (χ1v) is 8.42. The maximum absolute atomic E-state index is 6.08. The molecule has 1 aromatic carbocycles. The smallest absolute Gasteiger partial charge is 0.191 e. The van der Waals surface area contributed by atoms with Gasteiger partial charge in [0.15, 0.2) is 5.96 Å². The van der Waals surface area contributed by atoms with E-state index >= 15 is 0 Å². The summed E-state index contributed by atoms with van der Waals surface area (Å²) in [4.78, 5) is 6.76. The van der Waals surface area contributed by atoms with Crippen molar-refractivity contribution in [1.82, 2.24) is 4.90 Å². The molecule has 0 unspecified atom stereocenters. The number of benzene rings is 1. The zero-order valence-electron chi connectivity index (χ0n) is 12.8. The van der Waals surface area contributed by atoms with Gasteiger partial charge in [0.25, 0.3) is 0 Å². The fraction of sp³-hybridized carbons (Fsp3) is 0.562. The fourth-order valence-corrected chi connectivity index (χ4v) is 3.68. The van der Waals surface area contributed by atoms with E-state index in [0.29, 0.717) is 5.96 Å². The summed E-state index contributed by atoms with van der Waals surface area (Å²) >= 11 is 1.99. The van der Waals surface area contributed by atoms with Crippen molar-refractivity contribution < 1.29 is 0 Å². The summed E-state index contributed by atoms with van der Waals surface area (Å²) in [6.45, 7) is 9.36. The van der Waals surface area contributed by atoms with Crippen molar-refractivity contribution in [2.45, 2.75) is 27.2 Å². The van der Waals surface area contributed by atoms with Crippen molar-refractivity contribution in [1.29, 1.82) is 0 Å². The third kappa shape index (κ3) is 3.92. The molecule has 1 fully saturated rings. The first-order valence-electron chi connectivity index (χ1n) is 7.27. The molecule has 2 rings (SSSR count). The molecule has 3 nitrogen and oxygen atoms in total. The largest absolute Gasteiger partial charge is 0.370 e. The monoisotopic (exact) mass is 291 g/mol. The summed E-state index contributed by atoms with van der Waals surface area (Å²) in [5.74, 6) is 3.03.